The standard InChI is InChI=1S/C19H30FN5/c1-2-21-19(23-15-16-3-4-16)22-9-10-24-11-13-25(14-12-24)18-7-5-17(20)6-8-18/h5-8,16H,2-4,9-15H2,1H3,(H2,21,22,23). The molecule has 0 bridgehead atoms. The first-order chi connectivity index (χ1) is 12.2. The van der Waals surface area contributed by atoms with Crippen LogP contribution in [0.3, 0.4) is 0 Å². The minimum absolute atomic E-state index is 0.173. The van der Waals surface area contributed by atoms with E-state index in [1.807, 2.05) is 12.1 Å². The minimum Gasteiger partial charge on any atom is -0.369 e. The molecule has 1 aliphatic carbocycles. The molecule has 138 valence electrons. The SMILES string of the molecule is CCNC(=NCC1CC1)NCCN1CCN(c2ccc(F)cc2)CC1. The van der Waals surface area contributed by atoms with Gasteiger partial charge >= 0.3 is 0 Å². The highest BCUT2D eigenvalue weighted by Crippen LogP contribution is 2.28. The van der Waals surface area contributed by atoms with E-state index in [0.717, 1.165) is 69.9 Å². The second-order valence-corrected chi connectivity index (χ2v) is 6.89. The van der Waals surface area contributed by atoms with Gasteiger partial charge in [-0.2, -0.15) is 0 Å². The van der Waals surface area contributed by atoms with Crippen LogP contribution in [-0.4, -0.2) is 63.2 Å². The van der Waals surface area contributed by atoms with E-state index in [4.69, 9.17) is 0 Å². The molecule has 1 aromatic carbocycles. The van der Waals surface area contributed by atoms with Crippen molar-refractivity contribution in [3.63, 3.8) is 0 Å². The van der Waals surface area contributed by atoms with E-state index in [0.29, 0.717) is 0 Å². The molecule has 0 spiro atoms. The summed E-state index contributed by atoms with van der Waals surface area (Å²) in [7, 11) is 0. The second-order valence-electron chi connectivity index (χ2n) is 6.89. The summed E-state index contributed by atoms with van der Waals surface area (Å²) in [6.07, 6.45) is 2.67. The molecule has 0 unspecified atom stereocenters. The number of nitrogens with one attached hydrogen (secondary N) is 2. The third kappa shape index (κ3) is 5.88. The van der Waals surface area contributed by atoms with Crippen LogP contribution in [0.25, 0.3) is 0 Å². The number of benzene rings is 1. The van der Waals surface area contributed by atoms with Crippen LogP contribution < -0.4 is 15.5 Å². The summed E-state index contributed by atoms with van der Waals surface area (Å²) < 4.78 is 13.0. The maximum atomic E-state index is 13.0. The van der Waals surface area contributed by atoms with Gasteiger partial charge in [-0.3, -0.25) is 9.89 Å². The van der Waals surface area contributed by atoms with Gasteiger partial charge in [0.15, 0.2) is 5.96 Å². The summed E-state index contributed by atoms with van der Waals surface area (Å²) in [5.41, 5.74) is 1.11. The van der Waals surface area contributed by atoms with E-state index in [2.05, 4.69) is 32.3 Å². The number of hydrogen-bond acceptors (Lipinski definition) is 3. The van der Waals surface area contributed by atoms with Crippen molar-refractivity contribution in [2.45, 2.75) is 19.8 Å². The highest BCUT2D eigenvalue weighted by molar-refractivity contribution is 5.79. The fourth-order valence-electron chi connectivity index (χ4n) is 3.08. The molecule has 1 aromatic rings. The smallest absolute Gasteiger partial charge is 0.191 e. The highest BCUT2D eigenvalue weighted by Gasteiger charge is 2.21. The van der Waals surface area contributed by atoms with Gasteiger partial charge in [-0.15, -0.1) is 0 Å². The molecule has 6 heteroatoms. The summed E-state index contributed by atoms with van der Waals surface area (Å²) in [5.74, 6) is 1.59. The maximum absolute atomic E-state index is 13.0. The molecule has 3 rings (SSSR count). The molecule has 1 aliphatic heterocycles. The van der Waals surface area contributed by atoms with E-state index in [9.17, 15) is 4.39 Å². The average Bonchev–Trinajstić information content (AvgIpc) is 3.45. The van der Waals surface area contributed by atoms with E-state index < -0.39 is 0 Å². The summed E-state index contributed by atoms with van der Waals surface area (Å²) >= 11 is 0. The Labute approximate surface area is 150 Å². The Kier molecular flexibility index (Phi) is 6.50. The molecule has 1 heterocycles. The molecule has 2 fully saturated rings. The van der Waals surface area contributed by atoms with Gasteiger partial charge in [0.1, 0.15) is 5.82 Å². The Morgan fingerprint density at radius 1 is 1.12 bits per heavy atom. The predicted molar refractivity (Wildman–Crippen MR) is 102 cm³/mol. The van der Waals surface area contributed by atoms with Crippen LogP contribution in [0.1, 0.15) is 19.8 Å². The Hall–Kier alpha value is -1.82. The van der Waals surface area contributed by atoms with Gasteiger partial charge < -0.3 is 15.5 Å². The number of nitrogens with zero attached hydrogens (tertiary/aromatic N) is 3. The Balaban J connectivity index is 1.36. The van der Waals surface area contributed by atoms with Gasteiger partial charge in [0.2, 0.25) is 0 Å². The van der Waals surface area contributed by atoms with Crippen LogP contribution >= 0.6 is 0 Å². The van der Waals surface area contributed by atoms with E-state index in [-0.39, 0.29) is 5.82 Å². The Morgan fingerprint density at radius 3 is 2.48 bits per heavy atom. The fraction of sp³-hybridized carbons (Fsp3) is 0.632. The molecule has 2 aliphatic rings. The normalized spacial score (nSPS) is 19.1. The first-order valence-electron chi connectivity index (χ1n) is 9.49. The van der Waals surface area contributed by atoms with Gasteiger partial charge in [0.05, 0.1) is 0 Å². The van der Waals surface area contributed by atoms with Gasteiger partial charge in [0.25, 0.3) is 0 Å². The summed E-state index contributed by atoms with van der Waals surface area (Å²) in [5, 5.41) is 6.76. The van der Waals surface area contributed by atoms with Crippen molar-refractivity contribution in [3.8, 4) is 0 Å². The maximum Gasteiger partial charge on any atom is 0.191 e. The number of halogens is 1. The zero-order valence-corrected chi connectivity index (χ0v) is 15.2. The van der Waals surface area contributed by atoms with Crippen molar-refractivity contribution in [2.24, 2.45) is 10.9 Å². The fourth-order valence-corrected chi connectivity index (χ4v) is 3.08. The molecule has 0 amide bonds. The highest BCUT2D eigenvalue weighted by atomic mass is 19.1. The molecular weight excluding hydrogens is 317 g/mol. The van der Waals surface area contributed by atoms with Gasteiger partial charge in [-0.25, -0.2) is 4.39 Å². The molecule has 25 heavy (non-hydrogen) atoms. The second kappa shape index (κ2) is 9.04. The number of hydrogen-bond donors (Lipinski definition) is 2. The molecular formula is C19H30FN5. The number of aliphatic imine (C=N–C) groups is 1. The largest absolute Gasteiger partial charge is 0.369 e. The van der Waals surface area contributed by atoms with E-state index >= 15 is 0 Å². The molecule has 5 nitrogen and oxygen atoms in total. The van der Waals surface area contributed by atoms with E-state index in [1.54, 1.807) is 0 Å². The van der Waals surface area contributed by atoms with Crippen molar-refractivity contribution in [3.05, 3.63) is 30.1 Å². The predicted octanol–water partition coefficient (Wildman–Crippen LogP) is 1.91. The number of piperazine rings is 1. The van der Waals surface area contributed by atoms with Crippen molar-refractivity contribution in [2.75, 3.05) is 57.3 Å². The van der Waals surface area contributed by atoms with Crippen molar-refractivity contribution in [1.29, 1.82) is 0 Å². The first kappa shape index (κ1) is 18.0. The topological polar surface area (TPSA) is 42.9 Å². The van der Waals surface area contributed by atoms with Crippen molar-refractivity contribution in [1.82, 2.24) is 15.5 Å². The molecule has 0 aromatic heterocycles. The molecule has 1 saturated heterocycles. The molecule has 1 saturated carbocycles. The van der Waals surface area contributed by atoms with Crippen LogP contribution in [0, 0.1) is 11.7 Å². The lowest BCUT2D eigenvalue weighted by Gasteiger charge is -2.36. The summed E-state index contributed by atoms with van der Waals surface area (Å²) in [6, 6.07) is 6.81. The van der Waals surface area contributed by atoms with Crippen LogP contribution in [0.4, 0.5) is 10.1 Å². The Morgan fingerprint density at radius 2 is 1.84 bits per heavy atom. The zero-order chi connectivity index (χ0) is 17.5. The van der Waals surface area contributed by atoms with Gasteiger partial charge in [-0.05, 0) is 49.9 Å². The summed E-state index contributed by atoms with van der Waals surface area (Å²) in [6.45, 7) is 9.92. The van der Waals surface area contributed by atoms with E-state index in [1.165, 1.54) is 25.0 Å². The van der Waals surface area contributed by atoms with Crippen LogP contribution in [0.5, 0.6) is 0 Å². The minimum atomic E-state index is -0.173. The number of guanidine groups is 1. The van der Waals surface area contributed by atoms with Crippen molar-refractivity contribution < 1.29 is 4.39 Å². The monoisotopic (exact) mass is 347 g/mol. The van der Waals surface area contributed by atoms with Crippen LogP contribution in [-0.2, 0) is 0 Å². The molecule has 2 N–H and O–H groups in total. The molecule has 0 atom stereocenters. The van der Waals surface area contributed by atoms with Crippen molar-refractivity contribution >= 4 is 11.6 Å². The third-order valence-corrected chi connectivity index (χ3v) is 4.83. The lowest BCUT2D eigenvalue weighted by atomic mass is 10.2. The average molecular weight is 347 g/mol. The zero-order valence-electron chi connectivity index (χ0n) is 15.2. The number of anilines is 1. The van der Waals surface area contributed by atoms with Crippen LogP contribution in [0.15, 0.2) is 29.3 Å². The lowest BCUT2D eigenvalue weighted by Crippen LogP contribution is -2.49. The van der Waals surface area contributed by atoms with Crippen LogP contribution in [0.2, 0.25) is 0 Å². The number of rotatable bonds is 7. The third-order valence-electron chi connectivity index (χ3n) is 4.83. The lowest BCUT2D eigenvalue weighted by molar-refractivity contribution is 0.261. The van der Waals surface area contributed by atoms with Gasteiger partial charge in [-0.1, -0.05) is 0 Å². The molecule has 0 radical (unpaired) electrons. The summed E-state index contributed by atoms with van der Waals surface area (Å²) in [4.78, 5) is 9.45. The first-order valence-corrected chi connectivity index (χ1v) is 9.49. The van der Waals surface area contributed by atoms with Gasteiger partial charge in [0, 0.05) is 58.0 Å². The Bertz CT molecular complexity index is 547. The quantitative estimate of drug-likeness (QED) is 0.584.